The lowest BCUT2D eigenvalue weighted by Gasteiger charge is -2.26. The van der Waals surface area contributed by atoms with E-state index in [4.69, 9.17) is 0 Å². The van der Waals surface area contributed by atoms with Crippen LogP contribution in [0, 0.1) is 0 Å². The molecule has 0 saturated carbocycles. The summed E-state index contributed by atoms with van der Waals surface area (Å²) in [5.41, 5.74) is 0. The summed E-state index contributed by atoms with van der Waals surface area (Å²) >= 11 is 0. The van der Waals surface area contributed by atoms with Crippen molar-refractivity contribution < 1.29 is 9.59 Å². The average Bonchev–Trinajstić information content (AvgIpc) is 2.26. The van der Waals surface area contributed by atoms with E-state index in [2.05, 4.69) is 10.6 Å². The summed E-state index contributed by atoms with van der Waals surface area (Å²) in [4.78, 5) is 24.1. The molecule has 1 aliphatic rings. The highest BCUT2D eigenvalue weighted by Crippen LogP contribution is 2.07. The van der Waals surface area contributed by atoms with Crippen molar-refractivity contribution in [3.05, 3.63) is 0 Å². The van der Waals surface area contributed by atoms with Gasteiger partial charge in [-0.05, 0) is 19.3 Å². The predicted octanol–water partition coefficient (Wildman–Crippen LogP) is -0.0721. The molecule has 0 aromatic heterocycles. The normalized spacial score (nSPS) is 16.2. The molecule has 0 atom stereocenters. The van der Waals surface area contributed by atoms with Gasteiger partial charge in [-0.15, -0.1) is 0 Å². The summed E-state index contributed by atoms with van der Waals surface area (Å²) in [6, 6.07) is -0.131. The minimum Gasteiger partial charge on any atom is -0.358 e. The highest BCUT2D eigenvalue weighted by Gasteiger charge is 2.16. The van der Waals surface area contributed by atoms with Crippen molar-refractivity contribution in [1.29, 1.82) is 0 Å². The minimum absolute atomic E-state index is 0.0613. The number of amides is 3. The van der Waals surface area contributed by atoms with E-state index >= 15 is 0 Å². The smallest absolute Gasteiger partial charge is 0.317 e. The van der Waals surface area contributed by atoms with Gasteiger partial charge in [-0.3, -0.25) is 4.79 Å². The Hall–Kier alpha value is -1.26. The van der Waals surface area contributed by atoms with E-state index < -0.39 is 0 Å². The molecule has 0 aromatic rings. The fraction of sp³-hybridized carbons (Fsp3) is 0.778. The van der Waals surface area contributed by atoms with Gasteiger partial charge in [-0.25, -0.2) is 4.79 Å². The van der Waals surface area contributed by atoms with E-state index in [9.17, 15) is 9.59 Å². The fourth-order valence-electron chi connectivity index (χ4n) is 1.45. The van der Waals surface area contributed by atoms with Crippen LogP contribution < -0.4 is 10.6 Å². The second kappa shape index (κ2) is 5.47. The number of piperidine rings is 1. The summed E-state index contributed by atoms with van der Waals surface area (Å²) in [6.45, 7) is 1.67. The van der Waals surface area contributed by atoms with Gasteiger partial charge < -0.3 is 15.5 Å². The topological polar surface area (TPSA) is 61.4 Å². The number of carbonyl (C=O) groups excluding carboxylic acids is 2. The molecule has 0 radical (unpaired) electrons. The van der Waals surface area contributed by atoms with Gasteiger partial charge in [0, 0.05) is 20.1 Å². The standard InChI is InChI=1S/C9H17N3O2/c1-10-8(13)7-11-9(14)12-5-3-2-4-6-12/h2-7H2,1H3,(H,10,13)(H,11,14). The van der Waals surface area contributed by atoms with E-state index in [1.165, 1.54) is 6.42 Å². The molecule has 14 heavy (non-hydrogen) atoms. The first-order chi connectivity index (χ1) is 6.74. The molecule has 1 heterocycles. The molecule has 1 fully saturated rings. The van der Waals surface area contributed by atoms with Gasteiger partial charge in [0.2, 0.25) is 5.91 Å². The quantitative estimate of drug-likeness (QED) is 0.654. The Balaban J connectivity index is 2.23. The maximum Gasteiger partial charge on any atom is 0.317 e. The first kappa shape index (κ1) is 10.8. The second-order valence-corrected chi connectivity index (χ2v) is 3.38. The Morgan fingerprint density at radius 2 is 1.86 bits per heavy atom. The highest BCUT2D eigenvalue weighted by atomic mass is 16.2. The van der Waals surface area contributed by atoms with Gasteiger partial charge in [0.15, 0.2) is 0 Å². The van der Waals surface area contributed by atoms with E-state index in [1.807, 2.05) is 0 Å². The van der Waals surface area contributed by atoms with Crippen LogP contribution in [-0.4, -0.2) is 43.5 Å². The average molecular weight is 199 g/mol. The molecule has 0 aliphatic carbocycles. The molecular formula is C9H17N3O2. The lowest BCUT2D eigenvalue weighted by atomic mass is 10.1. The summed E-state index contributed by atoms with van der Waals surface area (Å²) < 4.78 is 0. The molecule has 0 spiro atoms. The van der Waals surface area contributed by atoms with Crippen LogP contribution in [-0.2, 0) is 4.79 Å². The van der Waals surface area contributed by atoms with Gasteiger partial charge in [0.1, 0.15) is 0 Å². The van der Waals surface area contributed by atoms with E-state index in [0.29, 0.717) is 0 Å². The number of likely N-dealkylation sites (N-methyl/N-ethyl adjacent to an activating group) is 1. The van der Waals surface area contributed by atoms with Gasteiger partial charge in [0.05, 0.1) is 6.54 Å². The molecule has 5 nitrogen and oxygen atoms in total. The molecule has 80 valence electrons. The third-order valence-electron chi connectivity index (χ3n) is 2.32. The number of nitrogens with one attached hydrogen (secondary N) is 2. The molecule has 3 amide bonds. The van der Waals surface area contributed by atoms with Crippen molar-refractivity contribution in [2.45, 2.75) is 19.3 Å². The van der Waals surface area contributed by atoms with Crippen LogP contribution in [0.3, 0.4) is 0 Å². The lowest BCUT2D eigenvalue weighted by Crippen LogP contribution is -2.45. The zero-order valence-electron chi connectivity index (χ0n) is 8.51. The number of urea groups is 1. The molecule has 1 saturated heterocycles. The zero-order chi connectivity index (χ0) is 10.4. The summed E-state index contributed by atoms with van der Waals surface area (Å²) in [5.74, 6) is -0.171. The van der Waals surface area contributed by atoms with Crippen LogP contribution in [0.15, 0.2) is 0 Å². The highest BCUT2D eigenvalue weighted by molar-refractivity contribution is 5.83. The van der Waals surface area contributed by atoms with Gasteiger partial charge >= 0.3 is 6.03 Å². The second-order valence-electron chi connectivity index (χ2n) is 3.38. The van der Waals surface area contributed by atoms with Crippen LogP contribution in [0.1, 0.15) is 19.3 Å². The number of hydrogen-bond acceptors (Lipinski definition) is 2. The molecule has 2 N–H and O–H groups in total. The molecule has 0 aromatic carbocycles. The van der Waals surface area contributed by atoms with E-state index in [-0.39, 0.29) is 18.5 Å². The Bertz CT molecular complexity index is 212. The van der Waals surface area contributed by atoms with E-state index in [0.717, 1.165) is 25.9 Å². The summed E-state index contributed by atoms with van der Waals surface area (Å²) in [6.07, 6.45) is 3.32. The van der Waals surface area contributed by atoms with Crippen molar-refractivity contribution in [2.24, 2.45) is 0 Å². The van der Waals surface area contributed by atoms with Crippen LogP contribution in [0.25, 0.3) is 0 Å². The van der Waals surface area contributed by atoms with Crippen molar-refractivity contribution in [2.75, 3.05) is 26.7 Å². The lowest BCUT2D eigenvalue weighted by molar-refractivity contribution is -0.119. The summed E-state index contributed by atoms with van der Waals surface area (Å²) in [7, 11) is 1.55. The number of nitrogens with zero attached hydrogens (tertiary/aromatic N) is 1. The van der Waals surface area contributed by atoms with Crippen molar-refractivity contribution >= 4 is 11.9 Å². The van der Waals surface area contributed by atoms with Crippen molar-refractivity contribution in [3.63, 3.8) is 0 Å². The van der Waals surface area contributed by atoms with Gasteiger partial charge in [-0.1, -0.05) is 0 Å². The maximum absolute atomic E-state index is 11.5. The first-order valence-electron chi connectivity index (χ1n) is 4.97. The molecule has 0 bridgehead atoms. The third-order valence-corrected chi connectivity index (χ3v) is 2.32. The van der Waals surface area contributed by atoms with Crippen LogP contribution in [0.5, 0.6) is 0 Å². The van der Waals surface area contributed by atoms with Gasteiger partial charge in [0.25, 0.3) is 0 Å². The molecule has 1 rings (SSSR count). The molecule has 1 aliphatic heterocycles. The predicted molar refractivity (Wildman–Crippen MR) is 52.9 cm³/mol. The van der Waals surface area contributed by atoms with Crippen LogP contribution in [0.4, 0.5) is 4.79 Å². The first-order valence-corrected chi connectivity index (χ1v) is 4.97. The summed E-state index contributed by atoms with van der Waals surface area (Å²) in [5, 5.41) is 5.03. The number of likely N-dealkylation sites (tertiary alicyclic amines) is 1. The number of hydrogen-bond donors (Lipinski definition) is 2. The Morgan fingerprint density at radius 1 is 1.21 bits per heavy atom. The minimum atomic E-state index is -0.171. The van der Waals surface area contributed by atoms with Crippen molar-refractivity contribution in [1.82, 2.24) is 15.5 Å². The number of carbonyl (C=O) groups is 2. The monoisotopic (exact) mass is 199 g/mol. The Morgan fingerprint density at radius 3 is 2.43 bits per heavy atom. The largest absolute Gasteiger partial charge is 0.358 e. The fourth-order valence-corrected chi connectivity index (χ4v) is 1.45. The van der Waals surface area contributed by atoms with Crippen molar-refractivity contribution in [3.8, 4) is 0 Å². The Labute approximate surface area is 83.8 Å². The SMILES string of the molecule is CNC(=O)CNC(=O)N1CCCCC1. The zero-order valence-corrected chi connectivity index (χ0v) is 8.51. The third kappa shape index (κ3) is 3.24. The van der Waals surface area contributed by atoms with Crippen LogP contribution in [0.2, 0.25) is 0 Å². The molecular weight excluding hydrogens is 182 g/mol. The molecule has 5 heteroatoms. The number of rotatable bonds is 2. The molecule has 0 unspecified atom stereocenters. The van der Waals surface area contributed by atoms with Crippen LogP contribution >= 0.6 is 0 Å². The van der Waals surface area contributed by atoms with E-state index in [1.54, 1.807) is 11.9 Å². The Kier molecular flexibility index (Phi) is 4.22. The van der Waals surface area contributed by atoms with Gasteiger partial charge in [-0.2, -0.15) is 0 Å². The maximum atomic E-state index is 11.5.